The molecule has 2 heterocycles. The van der Waals surface area contributed by atoms with E-state index in [-0.39, 0.29) is 11.3 Å². The Morgan fingerprint density at radius 2 is 1.95 bits per heavy atom. The molecule has 1 aromatic heterocycles. The molecule has 1 fully saturated rings. The van der Waals surface area contributed by atoms with Crippen molar-refractivity contribution in [2.45, 2.75) is 26.3 Å². The molecule has 1 aliphatic rings. The number of hydrogen-bond donors (Lipinski definition) is 0. The van der Waals surface area contributed by atoms with Crippen LogP contribution in [0.1, 0.15) is 18.4 Å². The van der Waals surface area contributed by atoms with E-state index in [0.717, 1.165) is 37.0 Å². The lowest BCUT2D eigenvalue weighted by molar-refractivity contribution is -0.130. The molecule has 2 aromatic rings. The quantitative estimate of drug-likeness (QED) is 0.837. The molecule has 0 bridgehead atoms. The predicted molar refractivity (Wildman–Crippen MR) is 78.8 cm³/mol. The molecule has 4 nitrogen and oxygen atoms in total. The van der Waals surface area contributed by atoms with Gasteiger partial charge in [0.1, 0.15) is 6.54 Å². The van der Waals surface area contributed by atoms with Crippen LogP contribution in [0.4, 0.5) is 0 Å². The highest BCUT2D eigenvalue weighted by Crippen LogP contribution is 2.14. The van der Waals surface area contributed by atoms with Gasteiger partial charge in [-0.2, -0.15) is 0 Å². The van der Waals surface area contributed by atoms with E-state index in [2.05, 4.69) is 0 Å². The lowest BCUT2D eigenvalue weighted by Crippen LogP contribution is -2.31. The molecule has 1 aliphatic heterocycles. The van der Waals surface area contributed by atoms with Crippen LogP contribution in [0.25, 0.3) is 10.9 Å². The molecule has 0 N–H and O–H groups in total. The maximum Gasteiger partial charge on any atom is 0.242 e. The van der Waals surface area contributed by atoms with Crippen LogP contribution in [0.5, 0.6) is 0 Å². The van der Waals surface area contributed by atoms with Gasteiger partial charge in [0.05, 0.1) is 5.52 Å². The minimum Gasteiger partial charge on any atom is -0.341 e. The molecule has 20 heavy (non-hydrogen) atoms. The molecule has 1 amide bonds. The summed E-state index contributed by atoms with van der Waals surface area (Å²) < 4.78 is 1.87. The molecule has 0 saturated carbocycles. The number of pyridine rings is 1. The van der Waals surface area contributed by atoms with Crippen molar-refractivity contribution in [1.29, 1.82) is 0 Å². The van der Waals surface area contributed by atoms with Gasteiger partial charge in [-0.15, -0.1) is 0 Å². The first-order chi connectivity index (χ1) is 9.65. The first-order valence-electron chi connectivity index (χ1n) is 7.03. The molecule has 1 saturated heterocycles. The van der Waals surface area contributed by atoms with E-state index in [9.17, 15) is 9.59 Å². The van der Waals surface area contributed by atoms with Crippen molar-refractivity contribution in [3.63, 3.8) is 0 Å². The lowest BCUT2D eigenvalue weighted by atomic mass is 10.1. The van der Waals surface area contributed by atoms with E-state index in [1.807, 2.05) is 34.6 Å². The number of aromatic nitrogens is 1. The number of carbonyl (C=O) groups excluding carboxylic acids is 1. The van der Waals surface area contributed by atoms with E-state index in [1.165, 1.54) is 0 Å². The summed E-state index contributed by atoms with van der Waals surface area (Å²) in [6.45, 7) is 3.98. The first-order valence-corrected chi connectivity index (χ1v) is 7.03. The van der Waals surface area contributed by atoms with Crippen molar-refractivity contribution in [2.75, 3.05) is 13.1 Å². The fourth-order valence-corrected chi connectivity index (χ4v) is 2.78. The highest BCUT2D eigenvalue weighted by molar-refractivity contribution is 5.82. The Hall–Kier alpha value is -2.10. The van der Waals surface area contributed by atoms with Crippen LogP contribution < -0.4 is 5.43 Å². The molecular weight excluding hydrogens is 252 g/mol. The molecule has 104 valence electrons. The summed E-state index contributed by atoms with van der Waals surface area (Å²) in [5.74, 6) is 0.132. The zero-order valence-electron chi connectivity index (χ0n) is 11.6. The zero-order chi connectivity index (χ0) is 14.1. The maximum absolute atomic E-state index is 12.2. The number of nitrogens with zero attached hydrogens (tertiary/aromatic N) is 2. The Labute approximate surface area is 117 Å². The van der Waals surface area contributed by atoms with Crippen molar-refractivity contribution >= 4 is 16.8 Å². The second-order valence-corrected chi connectivity index (χ2v) is 5.42. The van der Waals surface area contributed by atoms with Gasteiger partial charge in [-0.25, -0.2) is 0 Å². The number of hydrogen-bond acceptors (Lipinski definition) is 2. The van der Waals surface area contributed by atoms with Crippen LogP contribution in [-0.4, -0.2) is 28.5 Å². The average molecular weight is 270 g/mol. The highest BCUT2D eigenvalue weighted by atomic mass is 16.2. The molecule has 0 radical (unpaired) electrons. The van der Waals surface area contributed by atoms with Gasteiger partial charge in [0.15, 0.2) is 5.43 Å². The number of fused-ring (bicyclic) bond motifs is 1. The van der Waals surface area contributed by atoms with Crippen LogP contribution in [0.15, 0.2) is 35.3 Å². The van der Waals surface area contributed by atoms with Crippen LogP contribution in [-0.2, 0) is 11.3 Å². The zero-order valence-corrected chi connectivity index (χ0v) is 11.6. The average Bonchev–Trinajstić information content (AvgIpc) is 2.96. The SMILES string of the molecule is Cc1ccc2c(c1)c(=O)ccn2CC(=O)N1CCCC1. The van der Waals surface area contributed by atoms with E-state index in [4.69, 9.17) is 0 Å². The Morgan fingerprint density at radius 3 is 2.70 bits per heavy atom. The van der Waals surface area contributed by atoms with Gasteiger partial charge in [0.25, 0.3) is 0 Å². The van der Waals surface area contributed by atoms with Crippen molar-refractivity contribution in [1.82, 2.24) is 9.47 Å². The van der Waals surface area contributed by atoms with E-state index >= 15 is 0 Å². The van der Waals surface area contributed by atoms with Gasteiger partial charge < -0.3 is 9.47 Å². The molecule has 0 aliphatic carbocycles. The van der Waals surface area contributed by atoms with Crippen LogP contribution in [0.3, 0.4) is 0 Å². The van der Waals surface area contributed by atoms with Gasteiger partial charge >= 0.3 is 0 Å². The van der Waals surface area contributed by atoms with Crippen molar-refractivity contribution < 1.29 is 4.79 Å². The fraction of sp³-hybridized carbons (Fsp3) is 0.375. The van der Waals surface area contributed by atoms with Gasteiger partial charge in [-0.05, 0) is 31.9 Å². The summed E-state index contributed by atoms with van der Waals surface area (Å²) >= 11 is 0. The predicted octanol–water partition coefficient (Wildman–Crippen LogP) is 1.93. The maximum atomic E-state index is 12.2. The monoisotopic (exact) mass is 270 g/mol. The second-order valence-electron chi connectivity index (χ2n) is 5.42. The van der Waals surface area contributed by atoms with Gasteiger partial charge in [-0.3, -0.25) is 9.59 Å². The van der Waals surface area contributed by atoms with Crippen LogP contribution >= 0.6 is 0 Å². The summed E-state index contributed by atoms with van der Waals surface area (Å²) in [6, 6.07) is 7.31. The summed E-state index contributed by atoms with van der Waals surface area (Å²) in [5.41, 5.74) is 1.89. The van der Waals surface area contributed by atoms with Crippen LogP contribution in [0, 0.1) is 6.92 Å². The Kier molecular flexibility index (Phi) is 3.30. The number of benzene rings is 1. The number of carbonyl (C=O) groups is 1. The van der Waals surface area contributed by atoms with Crippen molar-refractivity contribution in [3.05, 3.63) is 46.2 Å². The third kappa shape index (κ3) is 2.33. The summed E-state index contributed by atoms with van der Waals surface area (Å²) in [5, 5.41) is 0.682. The third-order valence-corrected chi connectivity index (χ3v) is 3.90. The van der Waals surface area contributed by atoms with Crippen molar-refractivity contribution in [2.24, 2.45) is 0 Å². The second kappa shape index (κ2) is 5.12. The van der Waals surface area contributed by atoms with E-state index in [1.54, 1.807) is 12.3 Å². The number of rotatable bonds is 2. The summed E-state index contributed by atoms with van der Waals surface area (Å²) in [6.07, 6.45) is 3.90. The minimum atomic E-state index is 0.00794. The summed E-state index contributed by atoms with van der Waals surface area (Å²) in [4.78, 5) is 26.1. The van der Waals surface area contributed by atoms with E-state index in [0.29, 0.717) is 11.9 Å². The van der Waals surface area contributed by atoms with E-state index < -0.39 is 0 Å². The standard InChI is InChI=1S/C16H18N2O2/c1-12-4-5-14-13(10-12)15(19)6-9-18(14)11-16(20)17-7-2-3-8-17/h4-6,9-10H,2-3,7-8,11H2,1H3. The first kappa shape index (κ1) is 12.9. The fourth-order valence-electron chi connectivity index (χ4n) is 2.78. The normalized spacial score (nSPS) is 14.9. The Balaban J connectivity index is 1.97. The minimum absolute atomic E-state index is 0.00794. The summed E-state index contributed by atoms with van der Waals surface area (Å²) in [7, 11) is 0. The van der Waals surface area contributed by atoms with Gasteiger partial charge in [0.2, 0.25) is 5.91 Å². The molecular formula is C16H18N2O2. The molecule has 0 unspecified atom stereocenters. The largest absolute Gasteiger partial charge is 0.341 e. The molecule has 0 atom stereocenters. The number of likely N-dealkylation sites (tertiary alicyclic amines) is 1. The van der Waals surface area contributed by atoms with Crippen LogP contribution in [0.2, 0.25) is 0 Å². The Morgan fingerprint density at radius 1 is 1.20 bits per heavy atom. The topological polar surface area (TPSA) is 42.3 Å². The van der Waals surface area contributed by atoms with Crippen molar-refractivity contribution in [3.8, 4) is 0 Å². The molecule has 4 heteroatoms. The highest BCUT2D eigenvalue weighted by Gasteiger charge is 2.18. The van der Waals surface area contributed by atoms with Gasteiger partial charge in [0, 0.05) is 30.7 Å². The smallest absolute Gasteiger partial charge is 0.242 e. The van der Waals surface area contributed by atoms with Gasteiger partial charge in [-0.1, -0.05) is 11.6 Å². The third-order valence-electron chi connectivity index (χ3n) is 3.90. The molecule has 3 rings (SSSR count). The Bertz CT molecular complexity index is 712. The molecule has 0 spiro atoms. The number of amides is 1. The lowest BCUT2D eigenvalue weighted by Gasteiger charge is -2.17. The number of aryl methyl sites for hydroxylation is 1. The molecule has 1 aromatic carbocycles.